The van der Waals surface area contributed by atoms with Crippen molar-refractivity contribution in [3.05, 3.63) is 0 Å². The van der Waals surface area contributed by atoms with Crippen LogP contribution in [0.4, 0.5) is 43.9 Å². The first-order valence-corrected chi connectivity index (χ1v) is 17.3. The van der Waals surface area contributed by atoms with Crippen LogP contribution in [0.3, 0.4) is 0 Å². The zero-order chi connectivity index (χ0) is 27.6. The van der Waals surface area contributed by atoms with Crippen molar-refractivity contribution < 1.29 is 50.1 Å². The Balaban J connectivity index is 6.48. The fraction of sp³-hybridized carbons (Fsp3) is 1.00. The normalized spacial score (nSPS) is 15.9. The van der Waals surface area contributed by atoms with Gasteiger partial charge in [0, 0.05) is 0 Å². The molecule has 0 saturated heterocycles. The van der Waals surface area contributed by atoms with E-state index in [1.807, 2.05) is 13.8 Å². The Hall–Kier alpha value is 0.0187. The topological polar surface area (TPSA) is 18.5 Å². The van der Waals surface area contributed by atoms with Crippen LogP contribution in [0.1, 0.15) is 91.9 Å². The summed E-state index contributed by atoms with van der Waals surface area (Å²) in [4.78, 5) is 0. The molecule has 0 aromatic rings. The number of hydrogen-bond donors (Lipinski definition) is 0. The Bertz CT molecular complexity index is 539. The van der Waals surface area contributed by atoms with Gasteiger partial charge in [0.1, 0.15) is 0 Å². The molecule has 0 aliphatic heterocycles. The van der Waals surface area contributed by atoms with E-state index in [0.29, 0.717) is 25.7 Å². The van der Waals surface area contributed by atoms with E-state index in [1.54, 1.807) is 0 Å². The van der Waals surface area contributed by atoms with Gasteiger partial charge in [-0.25, -0.2) is 0 Å². The zero-order valence-electron chi connectivity index (χ0n) is 20.7. The fourth-order valence-corrected chi connectivity index (χ4v) is 12.9. The molecule has 212 valence electrons. The molecule has 2 unspecified atom stereocenters. The molecule has 0 N–H and O–H groups in total. The van der Waals surface area contributed by atoms with Gasteiger partial charge >= 0.3 is 206 Å². The summed E-state index contributed by atoms with van der Waals surface area (Å²) in [7, 11) is 0. The van der Waals surface area contributed by atoms with Crippen LogP contribution in [0.25, 0.3) is 0 Å². The molecule has 0 aromatic heterocycles. The Labute approximate surface area is 206 Å². The molecule has 0 fully saturated rings. The molecule has 0 saturated carbocycles. The minimum absolute atomic E-state index is 0.00585. The Kier molecular flexibility index (Phi) is 14.8. The van der Waals surface area contributed by atoms with Gasteiger partial charge in [-0.1, -0.05) is 0 Å². The third-order valence-corrected chi connectivity index (χ3v) is 15.9. The van der Waals surface area contributed by atoms with Crippen molar-refractivity contribution in [3.63, 3.8) is 0 Å². The van der Waals surface area contributed by atoms with Crippen molar-refractivity contribution in [1.29, 1.82) is 0 Å². The van der Waals surface area contributed by atoms with Crippen LogP contribution >= 0.6 is 0 Å². The first kappa shape index (κ1) is 35.0. The third kappa shape index (κ3) is 8.00. The molecule has 0 bridgehead atoms. The van der Waals surface area contributed by atoms with Gasteiger partial charge in [-0.3, -0.25) is 0 Å². The van der Waals surface area contributed by atoms with E-state index >= 15 is 17.6 Å². The number of hydrogen-bond acceptors (Lipinski definition) is 2. The number of rotatable bonds is 20. The molecule has 0 radical (unpaired) electrons. The monoisotopic (exact) mass is 644 g/mol. The van der Waals surface area contributed by atoms with Gasteiger partial charge < -0.3 is 0 Å². The molecule has 0 amide bonds. The Morgan fingerprint density at radius 2 is 0.829 bits per heavy atom. The van der Waals surface area contributed by atoms with E-state index in [4.69, 9.17) is 0 Å². The summed E-state index contributed by atoms with van der Waals surface area (Å²) in [5, 5.41) is 0. The predicted octanol–water partition coefficient (Wildman–Crippen LogP) is 8.74. The quantitative estimate of drug-likeness (QED) is 0.0751. The second-order valence-electron chi connectivity index (χ2n) is 8.77. The van der Waals surface area contributed by atoms with Gasteiger partial charge in [0.15, 0.2) is 0 Å². The summed E-state index contributed by atoms with van der Waals surface area (Å²) in [6, 6.07) is 0. The van der Waals surface area contributed by atoms with Crippen molar-refractivity contribution >= 4 is 19.2 Å². The predicted molar refractivity (Wildman–Crippen MR) is 116 cm³/mol. The number of unbranched alkanes of at least 4 members (excludes halogenated alkanes) is 8. The van der Waals surface area contributed by atoms with Crippen LogP contribution in [-0.4, -0.2) is 64.5 Å². The van der Waals surface area contributed by atoms with Gasteiger partial charge in [-0.15, -0.1) is 0 Å². The van der Waals surface area contributed by atoms with Gasteiger partial charge in [-0.05, 0) is 0 Å². The zero-order valence-corrected chi connectivity index (χ0v) is 23.6. The molecule has 0 heterocycles. The first-order chi connectivity index (χ1) is 16.0. The van der Waals surface area contributed by atoms with E-state index in [0.717, 1.165) is 12.8 Å². The summed E-state index contributed by atoms with van der Waals surface area (Å²) in [5.41, 5.74) is 0. The molecule has 0 spiro atoms. The van der Waals surface area contributed by atoms with Crippen molar-refractivity contribution in [3.8, 4) is 0 Å². The summed E-state index contributed by atoms with van der Waals surface area (Å²) < 4.78 is 143. The molecule has 0 aliphatic rings. The number of alkyl halides is 10. The van der Waals surface area contributed by atoms with Crippen LogP contribution in [0.2, 0.25) is 0 Å². The molecular formula is C22H38F10O2Sn. The van der Waals surface area contributed by atoms with Gasteiger partial charge in [0.25, 0.3) is 0 Å². The van der Waals surface area contributed by atoms with E-state index in [-0.39, 0.29) is 39.5 Å². The van der Waals surface area contributed by atoms with Gasteiger partial charge in [0.05, 0.1) is 0 Å². The molecule has 0 rings (SSSR count). The van der Waals surface area contributed by atoms with Crippen LogP contribution < -0.4 is 0 Å². The molecule has 2 atom stereocenters. The summed E-state index contributed by atoms with van der Waals surface area (Å²) in [6.45, 7) is 1.69. The molecule has 0 aromatic carbocycles. The maximum absolute atomic E-state index is 15.2. The van der Waals surface area contributed by atoms with Crippen molar-refractivity contribution in [1.82, 2.24) is 0 Å². The van der Waals surface area contributed by atoms with Crippen molar-refractivity contribution in [2.24, 2.45) is 0 Å². The average Bonchev–Trinajstić information content (AvgIpc) is 2.76. The van der Waals surface area contributed by atoms with Crippen molar-refractivity contribution in [2.75, 3.05) is 13.2 Å². The maximum atomic E-state index is 15.2. The van der Waals surface area contributed by atoms with E-state index in [1.165, 1.54) is 0 Å². The van der Waals surface area contributed by atoms with Crippen LogP contribution in [0.15, 0.2) is 0 Å². The van der Waals surface area contributed by atoms with Crippen LogP contribution in [0.5, 0.6) is 0 Å². The summed E-state index contributed by atoms with van der Waals surface area (Å²) in [5.74, 6) is -11.6. The van der Waals surface area contributed by atoms with Crippen molar-refractivity contribution in [2.45, 2.75) is 124 Å². The van der Waals surface area contributed by atoms with Crippen LogP contribution in [0, 0.1) is 0 Å². The SMILES string of the molecule is CCCCCCC[O][Sn]([O]CCCCCCC)([C](F)(F)C(F)(F)C(C)F)[C](F)(F)C(F)(F)C(C)F. The summed E-state index contributed by atoms with van der Waals surface area (Å²) >= 11 is -8.51. The van der Waals surface area contributed by atoms with E-state index < -0.39 is 64.5 Å². The van der Waals surface area contributed by atoms with Gasteiger partial charge in [-0.2, -0.15) is 0 Å². The average molecular weight is 643 g/mol. The Morgan fingerprint density at radius 1 is 0.543 bits per heavy atom. The van der Waals surface area contributed by atoms with E-state index in [9.17, 15) is 26.3 Å². The van der Waals surface area contributed by atoms with Gasteiger partial charge in [0.2, 0.25) is 0 Å². The molecule has 0 aliphatic carbocycles. The molecule has 2 nitrogen and oxygen atoms in total. The number of halogens is 10. The second-order valence-corrected chi connectivity index (χ2v) is 17.5. The Morgan fingerprint density at radius 3 is 1.09 bits per heavy atom. The second kappa shape index (κ2) is 14.8. The molecule has 35 heavy (non-hydrogen) atoms. The van der Waals surface area contributed by atoms with E-state index in [2.05, 4.69) is 6.15 Å². The minimum atomic E-state index is -8.51. The summed E-state index contributed by atoms with van der Waals surface area (Å²) in [6.07, 6.45) is -3.24. The molecular weight excluding hydrogens is 605 g/mol. The standard InChI is InChI=1S/2C7H15O.2C4H4F5.Sn/c2*1-2-3-4-5-6-7-8;2*1-2(5)4(8,9)3(6)7;/h2*2-7H2,1H3;2*2H,1H3;/q2*-1;;;+2. The third-order valence-electron chi connectivity index (χ3n) is 5.77. The first-order valence-electron chi connectivity index (χ1n) is 12.1. The molecule has 13 heteroatoms. The fourth-order valence-electron chi connectivity index (χ4n) is 3.38. The van der Waals surface area contributed by atoms with Crippen LogP contribution in [-0.2, 0) is 6.15 Å².